The number of carbonyl (C=O) groups excluding carboxylic acids is 2. The fraction of sp³-hybridized carbons (Fsp3) is 0.250. The van der Waals surface area contributed by atoms with E-state index in [1.165, 1.54) is 30.5 Å². The Morgan fingerprint density at radius 1 is 1.20 bits per heavy atom. The summed E-state index contributed by atoms with van der Waals surface area (Å²) in [7, 11) is 1.19. The van der Waals surface area contributed by atoms with Crippen LogP contribution >= 0.6 is 0 Å². The number of carbonyl (C=O) groups is 2. The van der Waals surface area contributed by atoms with Gasteiger partial charge in [-0.15, -0.1) is 0 Å². The first-order valence-electron chi connectivity index (χ1n) is 7.17. The van der Waals surface area contributed by atoms with Gasteiger partial charge < -0.3 is 9.64 Å². The molecule has 0 radical (unpaired) electrons. The number of amides is 1. The van der Waals surface area contributed by atoms with Gasteiger partial charge in [0.1, 0.15) is 11.3 Å². The molecule has 0 atom stereocenters. The van der Waals surface area contributed by atoms with Crippen LogP contribution in [0.25, 0.3) is 0 Å². The van der Waals surface area contributed by atoms with Crippen LogP contribution in [0, 0.1) is 0 Å². The summed E-state index contributed by atoms with van der Waals surface area (Å²) in [6, 6.07) is 3.22. The Hall–Kier alpha value is -2.97. The summed E-state index contributed by atoms with van der Waals surface area (Å²) in [6.45, 7) is 1.84. The minimum absolute atomic E-state index is 0.0394. The van der Waals surface area contributed by atoms with Crippen LogP contribution in [0.5, 0.6) is 0 Å². The van der Waals surface area contributed by atoms with Crippen molar-refractivity contribution in [3.8, 4) is 0 Å². The number of nitrogens with zero attached hydrogens (tertiary/aromatic N) is 3. The summed E-state index contributed by atoms with van der Waals surface area (Å²) >= 11 is 0. The van der Waals surface area contributed by atoms with Crippen LogP contribution in [0.2, 0.25) is 0 Å². The fourth-order valence-electron chi connectivity index (χ4n) is 2.16. The van der Waals surface area contributed by atoms with Crippen LogP contribution in [0.15, 0.2) is 36.8 Å². The van der Waals surface area contributed by atoms with Gasteiger partial charge >= 0.3 is 12.1 Å². The maximum atomic E-state index is 12.6. The van der Waals surface area contributed by atoms with Gasteiger partial charge in [0.05, 0.1) is 18.4 Å². The molecule has 2 aromatic rings. The number of hydrogen-bond donors (Lipinski definition) is 0. The van der Waals surface area contributed by atoms with Gasteiger partial charge in [-0.2, -0.15) is 13.2 Å². The zero-order valence-electron chi connectivity index (χ0n) is 13.4. The summed E-state index contributed by atoms with van der Waals surface area (Å²) in [5.41, 5.74) is -0.817. The van der Waals surface area contributed by atoms with Crippen molar-refractivity contribution in [3.05, 3.63) is 53.6 Å². The maximum absolute atomic E-state index is 12.6. The molecule has 0 aliphatic carbocycles. The maximum Gasteiger partial charge on any atom is 0.433 e. The fourth-order valence-corrected chi connectivity index (χ4v) is 2.16. The van der Waals surface area contributed by atoms with Crippen molar-refractivity contribution < 1.29 is 27.5 Å². The summed E-state index contributed by atoms with van der Waals surface area (Å²) in [4.78, 5) is 32.8. The van der Waals surface area contributed by atoms with E-state index in [0.717, 1.165) is 18.3 Å². The highest BCUT2D eigenvalue weighted by molar-refractivity contribution is 6.09. The topological polar surface area (TPSA) is 72.4 Å². The van der Waals surface area contributed by atoms with E-state index in [4.69, 9.17) is 0 Å². The third-order valence-corrected chi connectivity index (χ3v) is 3.36. The van der Waals surface area contributed by atoms with E-state index in [-0.39, 0.29) is 23.4 Å². The minimum atomic E-state index is -4.59. The molecular weight excluding hydrogens is 339 g/mol. The molecule has 25 heavy (non-hydrogen) atoms. The molecule has 0 aromatic carbocycles. The molecule has 2 heterocycles. The Kier molecular flexibility index (Phi) is 5.35. The Labute approximate surface area is 141 Å². The van der Waals surface area contributed by atoms with E-state index >= 15 is 0 Å². The van der Waals surface area contributed by atoms with Crippen LogP contribution in [-0.2, 0) is 10.9 Å². The molecule has 0 fully saturated rings. The molecule has 0 aliphatic rings. The van der Waals surface area contributed by atoms with Crippen molar-refractivity contribution in [2.45, 2.75) is 13.1 Å². The summed E-state index contributed by atoms with van der Waals surface area (Å²) in [5, 5.41) is 0. The third-order valence-electron chi connectivity index (χ3n) is 3.36. The number of halogens is 3. The average molecular weight is 353 g/mol. The van der Waals surface area contributed by atoms with Crippen molar-refractivity contribution in [2.75, 3.05) is 18.6 Å². The number of rotatable bonds is 4. The van der Waals surface area contributed by atoms with Crippen molar-refractivity contribution in [1.82, 2.24) is 9.97 Å². The lowest BCUT2D eigenvalue weighted by atomic mass is 10.1. The van der Waals surface area contributed by atoms with Crippen LogP contribution < -0.4 is 4.90 Å². The van der Waals surface area contributed by atoms with E-state index in [1.54, 1.807) is 6.92 Å². The predicted octanol–water partition coefficient (Wildman–Crippen LogP) is 2.95. The van der Waals surface area contributed by atoms with Crippen LogP contribution in [0.1, 0.15) is 33.3 Å². The highest BCUT2D eigenvalue weighted by atomic mass is 19.4. The highest BCUT2D eigenvalue weighted by Crippen LogP contribution is 2.28. The Balaban J connectivity index is 2.39. The van der Waals surface area contributed by atoms with E-state index < -0.39 is 23.7 Å². The van der Waals surface area contributed by atoms with Crippen LogP contribution in [-0.4, -0.2) is 35.5 Å². The molecular formula is C16H14F3N3O3. The molecule has 0 aliphatic heterocycles. The van der Waals surface area contributed by atoms with Crippen molar-refractivity contribution in [2.24, 2.45) is 0 Å². The molecule has 0 spiro atoms. The zero-order chi connectivity index (χ0) is 18.6. The van der Waals surface area contributed by atoms with Crippen LogP contribution in [0.3, 0.4) is 0 Å². The second-order valence-electron chi connectivity index (χ2n) is 4.86. The molecule has 0 saturated heterocycles. The quantitative estimate of drug-likeness (QED) is 0.790. The molecule has 0 N–H and O–H groups in total. The Morgan fingerprint density at radius 3 is 2.44 bits per heavy atom. The number of pyridine rings is 2. The lowest BCUT2D eigenvalue weighted by Gasteiger charge is -2.23. The van der Waals surface area contributed by atoms with Gasteiger partial charge in [-0.3, -0.25) is 14.8 Å². The largest absolute Gasteiger partial charge is 0.465 e. The molecule has 0 saturated carbocycles. The lowest BCUT2D eigenvalue weighted by molar-refractivity contribution is -0.141. The van der Waals surface area contributed by atoms with Gasteiger partial charge in [0, 0.05) is 25.1 Å². The predicted molar refractivity (Wildman–Crippen MR) is 82.2 cm³/mol. The molecule has 2 rings (SSSR count). The molecule has 132 valence electrons. The average Bonchev–Trinajstić information content (AvgIpc) is 2.61. The number of hydrogen-bond acceptors (Lipinski definition) is 5. The number of esters is 1. The van der Waals surface area contributed by atoms with Crippen molar-refractivity contribution in [3.63, 3.8) is 0 Å². The van der Waals surface area contributed by atoms with E-state index in [0.29, 0.717) is 0 Å². The molecule has 9 heteroatoms. The number of aromatic nitrogens is 2. The van der Waals surface area contributed by atoms with Crippen molar-refractivity contribution in [1.29, 1.82) is 0 Å². The zero-order valence-corrected chi connectivity index (χ0v) is 13.4. The van der Waals surface area contributed by atoms with Gasteiger partial charge in [-0.1, -0.05) is 0 Å². The first kappa shape index (κ1) is 18.4. The smallest absolute Gasteiger partial charge is 0.433 e. The Bertz CT molecular complexity index is 776. The second kappa shape index (κ2) is 7.29. The highest BCUT2D eigenvalue weighted by Gasteiger charge is 2.32. The van der Waals surface area contributed by atoms with Gasteiger partial charge in [0.25, 0.3) is 5.91 Å². The van der Waals surface area contributed by atoms with Gasteiger partial charge in [-0.25, -0.2) is 4.79 Å². The molecule has 2 aromatic heterocycles. The Morgan fingerprint density at radius 2 is 1.92 bits per heavy atom. The number of ether oxygens (including phenoxy) is 1. The summed E-state index contributed by atoms with van der Waals surface area (Å²) in [5.74, 6) is -1.28. The van der Waals surface area contributed by atoms with Gasteiger partial charge in [0.15, 0.2) is 0 Å². The summed E-state index contributed by atoms with van der Waals surface area (Å²) < 4.78 is 42.4. The molecule has 0 bridgehead atoms. The van der Waals surface area contributed by atoms with E-state index in [9.17, 15) is 22.8 Å². The van der Waals surface area contributed by atoms with E-state index in [2.05, 4.69) is 14.7 Å². The number of methoxy groups -OCH3 is 1. The van der Waals surface area contributed by atoms with Gasteiger partial charge in [-0.05, 0) is 25.1 Å². The first-order chi connectivity index (χ1) is 11.8. The van der Waals surface area contributed by atoms with Gasteiger partial charge in [0.2, 0.25) is 0 Å². The minimum Gasteiger partial charge on any atom is -0.465 e. The normalized spacial score (nSPS) is 11.1. The SMILES string of the molecule is CCN(C(=O)c1ccc(C(F)(F)F)nc1)c1ccncc1C(=O)OC. The van der Waals surface area contributed by atoms with E-state index in [1.807, 2.05) is 0 Å². The molecule has 1 amide bonds. The number of anilines is 1. The standard InChI is InChI=1S/C16H14F3N3O3/c1-3-22(12-6-7-20-9-11(12)15(24)25-2)14(23)10-4-5-13(21-8-10)16(17,18)19/h4-9H,3H2,1-2H3. The van der Waals surface area contributed by atoms with Crippen molar-refractivity contribution >= 4 is 17.6 Å². The first-order valence-corrected chi connectivity index (χ1v) is 7.17. The monoisotopic (exact) mass is 353 g/mol. The summed E-state index contributed by atoms with van der Waals surface area (Å²) in [6.07, 6.45) is -1.09. The lowest BCUT2D eigenvalue weighted by Crippen LogP contribution is -2.32. The third kappa shape index (κ3) is 3.93. The number of alkyl halides is 3. The second-order valence-corrected chi connectivity index (χ2v) is 4.86. The van der Waals surface area contributed by atoms with Crippen LogP contribution in [0.4, 0.5) is 18.9 Å². The molecule has 0 unspecified atom stereocenters. The molecule has 6 nitrogen and oxygen atoms in total.